The van der Waals surface area contributed by atoms with Crippen molar-refractivity contribution in [3.8, 4) is 0 Å². The van der Waals surface area contributed by atoms with E-state index in [0.717, 1.165) is 15.2 Å². The van der Waals surface area contributed by atoms with Crippen LogP contribution in [0, 0.1) is 20.8 Å². The minimum Gasteiger partial charge on any atom is -0.245 e. The van der Waals surface area contributed by atoms with E-state index < -0.39 is 0 Å². The van der Waals surface area contributed by atoms with Gasteiger partial charge in [0.15, 0.2) is 0 Å². The molecule has 1 nitrogen and oxygen atoms in total. The van der Waals surface area contributed by atoms with Crippen LogP contribution in [0.4, 0.5) is 0 Å². The van der Waals surface area contributed by atoms with Crippen molar-refractivity contribution in [1.82, 2.24) is 4.98 Å². The Morgan fingerprint density at radius 3 is 2.47 bits per heavy atom. The average molecular weight is 308 g/mol. The van der Waals surface area contributed by atoms with Crippen molar-refractivity contribution >= 4 is 27.7 Å². The number of pyridine rings is 1. The number of aryl methyl sites for hydroxylation is 3. The van der Waals surface area contributed by atoms with Gasteiger partial charge in [0.25, 0.3) is 0 Å². The van der Waals surface area contributed by atoms with Crippen LogP contribution >= 0.6 is 27.7 Å². The summed E-state index contributed by atoms with van der Waals surface area (Å²) in [6.45, 7) is 6.26. The standard InChI is InChI=1S/C14H14BrNS/c1-9-4-6-13(10(2)8-9)17-14-7-5-12(15)11(3)16-14/h4-8H,1-3H3. The Bertz CT molecular complexity index is 552. The van der Waals surface area contributed by atoms with Crippen LogP contribution in [-0.2, 0) is 0 Å². The van der Waals surface area contributed by atoms with E-state index in [0.29, 0.717) is 0 Å². The molecule has 0 saturated carbocycles. The van der Waals surface area contributed by atoms with Crippen LogP contribution in [0.25, 0.3) is 0 Å². The van der Waals surface area contributed by atoms with Gasteiger partial charge in [-0.1, -0.05) is 29.5 Å². The molecule has 0 aliphatic rings. The molecule has 0 N–H and O–H groups in total. The number of benzene rings is 1. The molecule has 0 fully saturated rings. The van der Waals surface area contributed by atoms with E-state index in [2.05, 4.69) is 53.0 Å². The highest BCUT2D eigenvalue weighted by Gasteiger charge is 2.04. The lowest BCUT2D eigenvalue weighted by Crippen LogP contribution is -1.87. The molecule has 1 aromatic heterocycles. The molecular formula is C14H14BrNS. The average Bonchev–Trinajstić information content (AvgIpc) is 2.27. The molecule has 3 heteroatoms. The number of hydrogen-bond donors (Lipinski definition) is 0. The maximum atomic E-state index is 4.55. The van der Waals surface area contributed by atoms with Crippen LogP contribution in [0.1, 0.15) is 16.8 Å². The topological polar surface area (TPSA) is 12.9 Å². The van der Waals surface area contributed by atoms with E-state index in [1.54, 1.807) is 11.8 Å². The summed E-state index contributed by atoms with van der Waals surface area (Å²) in [6.07, 6.45) is 0. The lowest BCUT2D eigenvalue weighted by Gasteiger charge is -2.07. The molecule has 0 atom stereocenters. The highest BCUT2D eigenvalue weighted by molar-refractivity contribution is 9.10. The SMILES string of the molecule is Cc1ccc(Sc2ccc(Br)c(C)n2)c(C)c1. The Morgan fingerprint density at radius 1 is 1.06 bits per heavy atom. The van der Waals surface area contributed by atoms with Gasteiger partial charge < -0.3 is 0 Å². The monoisotopic (exact) mass is 307 g/mol. The predicted molar refractivity (Wildman–Crippen MR) is 76.7 cm³/mol. The molecule has 0 aliphatic carbocycles. The van der Waals surface area contributed by atoms with Gasteiger partial charge in [-0.25, -0.2) is 4.98 Å². The summed E-state index contributed by atoms with van der Waals surface area (Å²) < 4.78 is 1.06. The quantitative estimate of drug-likeness (QED) is 0.781. The highest BCUT2D eigenvalue weighted by atomic mass is 79.9. The number of halogens is 1. The van der Waals surface area contributed by atoms with E-state index in [-0.39, 0.29) is 0 Å². The van der Waals surface area contributed by atoms with Gasteiger partial charge >= 0.3 is 0 Å². The van der Waals surface area contributed by atoms with Crippen molar-refractivity contribution in [1.29, 1.82) is 0 Å². The first kappa shape index (κ1) is 12.7. The first-order valence-electron chi connectivity index (χ1n) is 5.44. The molecule has 1 aromatic carbocycles. The lowest BCUT2D eigenvalue weighted by molar-refractivity contribution is 1.05. The third-order valence-electron chi connectivity index (χ3n) is 2.54. The molecule has 1 heterocycles. The third-order valence-corrected chi connectivity index (χ3v) is 4.49. The van der Waals surface area contributed by atoms with Crippen LogP contribution in [0.15, 0.2) is 44.7 Å². The second kappa shape index (κ2) is 5.23. The number of nitrogens with zero attached hydrogens (tertiary/aromatic N) is 1. The van der Waals surface area contributed by atoms with Gasteiger partial charge in [-0.3, -0.25) is 0 Å². The minimum absolute atomic E-state index is 1.03. The minimum atomic E-state index is 1.03. The fourth-order valence-electron chi connectivity index (χ4n) is 1.60. The van der Waals surface area contributed by atoms with Crippen LogP contribution in [0.5, 0.6) is 0 Å². The van der Waals surface area contributed by atoms with Crippen molar-refractivity contribution in [3.05, 3.63) is 51.6 Å². The molecule has 2 rings (SSSR count). The Morgan fingerprint density at radius 2 is 1.82 bits per heavy atom. The Hall–Kier alpha value is -0.800. The molecule has 0 bridgehead atoms. The van der Waals surface area contributed by atoms with Gasteiger partial charge in [-0.15, -0.1) is 0 Å². The van der Waals surface area contributed by atoms with Crippen LogP contribution in [-0.4, -0.2) is 4.98 Å². The second-order valence-electron chi connectivity index (χ2n) is 4.09. The Balaban J connectivity index is 2.28. The molecule has 0 amide bonds. The maximum Gasteiger partial charge on any atom is 0.101 e. The largest absolute Gasteiger partial charge is 0.245 e. The zero-order valence-corrected chi connectivity index (χ0v) is 12.5. The van der Waals surface area contributed by atoms with Gasteiger partial charge in [-0.2, -0.15) is 0 Å². The van der Waals surface area contributed by atoms with E-state index in [9.17, 15) is 0 Å². The van der Waals surface area contributed by atoms with Crippen molar-refractivity contribution in [2.45, 2.75) is 30.7 Å². The first-order valence-corrected chi connectivity index (χ1v) is 7.05. The van der Waals surface area contributed by atoms with E-state index in [1.165, 1.54) is 16.0 Å². The molecular weight excluding hydrogens is 294 g/mol. The van der Waals surface area contributed by atoms with Crippen molar-refractivity contribution in [2.24, 2.45) is 0 Å². The van der Waals surface area contributed by atoms with Crippen LogP contribution in [0.2, 0.25) is 0 Å². The van der Waals surface area contributed by atoms with Crippen molar-refractivity contribution in [2.75, 3.05) is 0 Å². The van der Waals surface area contributed by atoms with Crippen LogP contribution < -0.4 is 0 Å². The maximum absolute atomic E-state index is 4.55. The molecule has 0 unspecified atom stereocenters. The lowest BCUT2D eigenvalue weighted by atomic mass is 10.2. The summed E-state index contributed by atoms with van der Waals surface area (Å²) in [5, 5.41) is 1.04. The summed E-state index contributed by atoms with van der Waals surface area (Å²) >= 11 is 5.18. The van der Waals surface area contributed by atoms with Gasteiger partial charge in [0.2, 0.25) is 0 Å². The molecule has 0 aliphatic heterocycles. The van der Waals surface area contributed by atoms with Gasteiger partial charge in [0, 0.05) is 9.37 Å². The van der Waals surface area contributed by atoms with Gasteiger partial charge in [0.1, 0.15) is 5.03 Å². The fourth-order valence-corrected chi connectivity index (χ4v) is 2.73. The van der Waals surface area contributed by atoms with Crippen molar-refractivity contribution in [3.63, 3.8) is 0 Å². The third kappa shape index (κ3) is 3.11. The zero-order chi connectivity index (χ0) is 12.4. The van der Waals surface area contributed by atoms with E-state index in [1.807, 2.05) is 19.1 Å². The number of rotatable bonds is 2. The molecule has 17 heavy (non-hydrogen) atoms. The molecule has 0 spiro atoms. The van der Waals surface area contributed by atoms with Crippen LogP contribution in [0.3, 0.4) is 0 Å². The van der Waals surface area contributed by atoms with Gasteiger partial charge in [0.05, 0.1) is 5.69 Å². The van der Waals surface area contributed by atoms with E-state index in [4.69, 9.17) is 0 Å². The highest BCUT2D eigenvalue weighted by Crippen LogP contribution is 2.30. The van der Waals surface area contributed by atoms with E-state index >= 15 is 0 Å². The summed E-state index contributed by atoms with van der Waals surface area (Å²) in [5.74, 6) is 0. The van der Waals surface area contributed by atoms with Crippen molar-refractivity contribution < 1.29 is 0 Å². The Labute approximate surface area is 115 Å². The van der Waals surface area contributed by atoms with Gasteiger partial charge in [-0.05, 0) is 60.5 Å². The number of aromatic nitrogens is 1. The molecule has 0 saturated heterocycles. The summed E-state index contributed by atoms with van der Waals surface area (Å²) in [4.78, 5) is 5.82. The summed E-state index contributed by atoms with van der Waals surface area (Å²) in [5.41, 5.74) is 3.63. The molecule has 2 aromatic rings. The first-order chi connectivity index (χ1) is 8.06. The predicted octanol–water partition coefficient (Wildman–Crippen LogP) is 4.92. The summed E-state index contributed by atoms with van der Waals surface area (Å²) in [6, 6.07) is 10.6. The Kier molecular flexibility index (Phi) is 3.89. The number of hydrogen-bond acceptors (Lipinski definition) is 2. The zero-order valence-electron chi connectivity index (χ0n) is 10.1. The second-order valence-corrected chi connectivity index (χ2v) is 6.00. The molecule has 0 radical (unpaired) electrons. The fraction of sp³-hybridized carbons (Fsp3) is 0.214. The smallest absolute Gasteiger partial charge is 0.101 e. The molecule has 88 valence electrons. The normalized spacial score (nSPS) is 10.6. The summed E-state index contributed by atoms with van der Waals surface area (Å²) in [7, 11) is 0.